The fraction of sp³-hybridized carbons (Fsp3) is 0.833. The maximum absolute atomic E-state index is 12.6. The summed E-state index contributed by atoms with van der Waals surface area (Å²) in [5.41, 5.74) is -3.76. The summed E-state index contributed by atoms with van der Waals surface area (Å²) in [6.45, 7) is 49.0. The zero-order valence-electron chi connectivity index (χ0n) is 66.8. The van der Waals surface area contributed by atoms with Crippen molar-refractivity contribution in [2.75, 3.05) is 123 Å². The Morgan fingerprint density at radius 1 is 0.302 bits per heavy atom. The molecule has 4 atom stereocenters. The Balaban J connectivity index is -0.000000588. The van der Waals surface area contributed by atoms with Gasteiger partial charge in [0.1, 0.15) is 47.3 Å². The standard InChI is InChI=1S/C19H37N3O3.2C18H35N3O3.C17H33N3O3/c1-18(2,3)13-16(24)22(9)14(12-15(23)19(4,5)6)17(25)20-10-11-21(7)8;1-17(2,3)14(22)12-13(15(23)19-10-11-20(7)8)21(9)16(24)18(4,5)6;1-17(2,3)12-15(23)20-13(11-14(22)18(4,5)6)16(24)19-9-10-21(7)8;1-16(2,3)13(21)11-12(19-15(23)17(4,5)6)14(22)18-9-10-20(7)8/h14H,10-13H2,1-9H3,(H,20,25);13H,10-12H2,1-9H3,(H,19,23);13H,9-12H2,1-8H3,(H,19,24)(H,20,23);12H,9-11H2,1-8H3,(H,18,22)(H,19,23). The molecule has 0 aliphatic rings. The number of carbonyl (C=O) groups excluding carboxylic acids is 12. The average Bonchev–Trinajstić information content (AvgIpc) is 0.907. The van der Waals surface area contributed by atoms with Gasteiger partial charge < -0.3 is 61.3 Å². The number of likely N-dealkylation sites (N-methyl/N-ethyl adjacent to an activating group) is 6. The van der Waals surface area contributed by atoms with Crippen LogP contribution in [0, 0.1) is 43.3 Å². The van der Waals surface area contributed by atoms with Gasteiger partial charge in [0.25, 0.3) is 0 Å². The van der Waals surface area contributed by atoms with Crippen molar-refractivity contribution >= 4 is 70.4 Å². The lowest BCUT2D eigenvalue weighted by Crippen LogP contribution is -2.52. The van der Waals surface area contributed by atoms with Crippen molar-refractivity contribution in [2.45, 2.75) is 229 Å². The van der Waals surface area contributed by atoms with Crippen LogP contribution in [0.5, 0.6) is 0 Å². The van der Waals surface area contributed by atoms with Crippen molar-refractivity contribution in [3.63, 3.8) is 0 Å². The highest BCUT2D eigenvalue weighted by atomic mass is 16.2. The van der Waals surface area contributed by atoms with Crippen LogP contribution in [0.15, 0.2) is 0 Å². The first-order valence-corrected chi connectivity index (χ1v) is 33.8. The molecule has 24 heteroatoms. The fourth-order valence-electron chi connectivity index (χ4n) is 7.79. The van der Waals surface area contributed by atoms with Crippen molar-refractivity contribution in [3.8, 4) is 0 Å². The molecule has 0 saturated heterocycles. The Morgan fingerprint density at radius 2 is 0.562 bits per heavy atom. The summed E-state index contributed by atoms with van der Waals surface area (Å²) >= 11 is 0. The molecule has 4 unspecified atom stereocenters. The quantitative estimate of drug-likeness (QED) is 0.0462. The molecule has 0 aliphatic heterocycles. The SMILES string of the molecule is CN(C)CCNC(=O)C(CC(=O)C(C)(C)C)N(C)C(=O)C(C)(C)C.CN(C)CCNC(=O)C(CC(=O)C(C)(C)C)N(C)C(=O)CC(C)(C)C.CN(C)CCNC(=O)C(CC(=O)C(C)(C)C)NC(=O)C(C)(C)C.CN(C)CCNC(=O)C(CC(=O)C(C)(C)C)NC(=O)CC(C)(C)C. The first-order valence-electron chi connectivity index (χ1n) is 33.8. The molecule has 0 fully saturated rings. The molecule has 0 saturated carbocycles. The van der Waals surface area contributed by atoms with Crippen LogP contribution >= 0.6 is 0 Å². The summed E-state index contributed by atoms with van der Waals surface area (Å²) < 4.78 is 0. The van der Waals surface area contributed by atoms with Crippen LogP contribution in [0.1, 0.15) is 205 Å². The molecule has 0 aromatic carbocycles. The summed E-state index contributed by atoms with van der Waals surface area (Å²) in [6.07, 6.45) is 0.693. The summed E-state index contributed by atoms with van der Waals surface area (Å²) in [7, 11) is 18.5. The third-order valence-corrected chi connectivity index (χ3v) is 14.5. The molecule has 0 radical (unpaired) electrons. The molecule has 0 bridgehead atoms. The number of carbonyl (C=O) groups is 12. The summed E-state index contributed by atoms with van der Waals surface area (Å²) in [6, 6.07) is -3.22. The summed E-state index contributed by atoms with van der Waals surface area (Å²) in [5.74, 6) is -2.09. The number of hydrogen-bond donors (Lipinski definition) is 6. The van der Waals surface area contributed by atoms with E-state index in [1.54, 1.807) is 55.6 Å². The van der Waals surface area contributed by atoms with Crippen molar-refractivity contribution < 1.29 is 57.5 Å². The molecule has 96 heavy (non-hydrogen) atoms. The highest BCUT2D eigenvalue weighted by Crippen LogP contribution is 2.26. The molecule has 0 aromatic rings. The Kier molecular flexibility index (Phi) is 42.6. The number of amides is 8. The van der Waals surface area contributed by atoms with Gasteiger partial charge in [-0.15, -0.1) is 0 Å². The Morgan fingerprint density at radius 3 is 0.812 bits per heavy atom. The van der Waals surface area contributed by atoms with E-state index in [2.05, 4.69) is 31.9 Å². The highest BCUT2D eigenvalue weighted by molar-refractivity contribution is 5.97. The van der Waals surface area contributed by atoms with Crippen LogP contribution in [0.25, 0.3) is 0 Å². The van der Waals surface area contributed by atoms with Gasteiger partial charge in [-0.05, 0) is 67.2 Å². The lowest BCUT2D eigenvalue weighted by Gasteiger charge is -2.33. The van der Waals surface area contributed by atoms with E-state index in [0.717, 1.165) is 0 Å². The molecule has 0 aromatic heterocycles. The largest absolute Gasteiger partial charge is 0.353 e. The van der Waals surface area contributed by atoms with E-state index in [0.29, 0.717) is 65.2 Å². The number of rotatable bonds is 30. The van der Waals surface area contributed by atoms with Crippen molar-refractivity contribution in [3.05, 3.63) is 0 Å². The second-order valence-corrected chi connectivity index (χ2v) is 35.0. The van der Waals surface area contributed by atoms with E-state index >= 15 is 0 Å². The number of nitrogens with zero attached hydrogens (tertiary/aromatic N) is 6. The third kappa shape index (κ3) is 46.5. The van der Waals surface area contributed by atoms with Gasteiger partial charge in [0, 0.05) is 137 Å². The molecule has 0 heterocycles. The smallest absolute Gasteiger partial charge is 0.243 e. The predicted octanol–water partition coefficient (Wildman–Crippen LogP) is 6.27. The Labute approximate surface area is 581 Å². The van der Waals surface area contributed by atoms with Crippen LogP contribution in [0.2, 0.25) is 0 Å². The predicted molar refractivity (Wildman–Crippen MR) is 387 cm³/mol. The molecule has 560 valence electrons. The highest BCUT2D eigenvalue weighted by Gasteiger charge is 2.38. The van der Waals surface area contributed by atoms with Crippen LogP contribution in [0.3, 0.4) is 0 Å². The topological polar surface area (TPSA) is 296 Å². The fourth-order valence-corrected chi connectivity index (χ4v) is 7.79. The third-order valence-electron chi connectivity index (χ3n) is 14.5. The Hall–Kier alpha value is -5.72. The molecule has 0 aliphatic carbocycles. The molecule has 6 N–H and O–H groups in total. The molecular weight excluding hydrogens is 1220 g/mol. The molecular formula is C72H140N12O12. The normalized spacial score (nSPS) is 13.6. The average molecular weight is 1370 g/mol. The minimum Gasteiger partial charge on any atom is -0.353 e. The van der Waals surface area contributed by atoms with Gasteiger partial charge >= 0.3 is 0 Å². The van der Waals surface area contributed by atoms with Crippen LogP contribution in [-0.4, -0.2) is 247 Å². The first kappa shape index (κ1) is 96.7. The van der Waals surface area contributed by atoms with Gasteiger partial charge in [-0.3, -0.25) is 57.5 Å². The molecule has 0 spiro atoms. The molecule has 8 amide bonds. The zero-order valence-corrected chi connectivity index (χ0v) is 66.8. The summed E-state index contributed by atoms with van der Waals surface area (Å²) in [4.78, 5) is 159. The van der Waals surface area contributed by atoms with Gasteiger partial charge in [0.05, 0.1) is 0 Å². The van der Waals surface area contributed by atoms with Crippen LogP contribution in [-0.2, 0) is 57.5 Å². The van der Waals surface area contributed by atoms with Gasteiger partial charge in [0.2, 0.25) is 47.3 Å². The van der Waals surface area contributed by atoms with Crippen LogP contribution < -0.4 is 31.9 Å². The van der Waals surface area contributed by atoms with Crippen molar-refractivity contribution in [2.24, 2.45) is 43.3 Å². The van der Waals surface area contributed by atoms with Gasteiger partial charge in [-0.1, -0.05) is 166 Å². The van der Waals surface area contributed by atoms with E-state index in [9.17, 15) is 57.5 Å². The van der Waals surface area contributed by atoms with E-state index in [-0.39, 0.29) is 107 Å². The second kappa shape index (κ2) is 42.3. The van der Waals surface area contributed by atoms with Crippen molar-refractivity contribution in [1.82, 2.24) is 61.3 Å². The van der Waals surface area contributed by atoms with Gasteiger partial charge in [-0.2, -0.15) is 0 Å². The number of hydrogen-bond acceptors (Lipinski definition) is 16. The monoisotopic (exact) mass is 1370 g/mol. The van der Waals surface area contributed by atoms with E-state index < -0.39 is 56.7 Å². The number of ketones is 4. The summed E-state index contributed by atoms with van der Waals surface area (Å²) in [5, 5.41) is 16.7. The second-order valence-electron chi connectivity index (χ2n) is 35.0. The molecule has 24 nitrogen and oxygen atoms in total. The maximum atomic E-state index is 12.6. The molecule has 0 rings (SSSR count). The number of Topliss-reactive ketones (excluding diaryl/α,β-unsaturated/α-hetero) is 4. The van der Waals surface area contributed by atoms with E-state index in [4.69, 9.17) is 0 Å². The lowest BCUT2D eigenvalue weighted by atomic mass is 9.86. The van der Waals surface area contributed by atoms with Crippen molar-refractivity contribution in [1.29, 1.82) is 0 Å². The minimum atomic E-state index is -0.837. The van der Waals surface area contributed by atoms with E-state index in [1.807, 2.05) is 201 Å². The van der Waals surface area contributed by atoms with E-state index in [1.165, 1.54) is 9.80 Å². The Bertz CT molecular complexity index is 2460. The van der Waals surface area contributed by atoms with Crippen LogP contribution in [0.4, 0.5) is 0 Å². The zero-order chi connectivity index (χ0) is 76.8. The van der Waals surface area contributed by atoms with Gasteiger partial charge in [-0.25, -0.2) is 0 Å². The van der Waals surface area contributed by atoms with Gasteiger partial charge in [0.15, 0.2) is 0 Å². The number of nitrogens with one attached hydrogen (secondary N) is 6. The maximum Gasteiger partial charge on any atom is 0.243 e. The lowest BCUT2D eigenvalue weighted by molar-refractivity contribution is -0.147. The first-order chi connectivity index (χ1) is 42.8. The minimum absolute atomic E-state index is 0.000875.